The molecule has 0 radical (unpaired) electrons. The van der Waals surface area contributed by atoms with Gasteiger partial charge in [-0.2, -0.15) is 11.8 Å². The third-order valence-corrected chi connectivity index (χ3v) is 2.87. The summed E-state index contributed by atoms with van der Waals surface area (Å²) >= 11 is 1.79. The number of carbonyl (C=O) groups is 1. The molecule has 0 spiro atoms. The number of amides is 1. The molecular formula is C9H18N2OS. The fraction of sp³-hybridized carbons (Fsp3) is 0.889. The Morgan fingerprint density at radius 1 is 1.69 bits per heavy atom. The first kappa shape index (κ1) is 10.9. The van der Waals surface area contributed by atoms with Gasteiger partial charge in [0.15, 0.2) is 0 Å². The van der Waals surface area contributed by atoms with E-state index in [2.05, 4.69) is 18.5 Å². The van der Waals surface area contributed by atoms with E-state index >= 15 is 0 Å². The van der Waals surface area contributed by atoms with Crippen molar-refractivity contribution in [2.75, 3.05) is 25.1 Å². The van der Waals surface area contributed by atoms with Crippen LogP contribution in [0.1, 0.15) is 19.8 Å². The van der Waals surface area contributed by atoms with E-state index in [0.717, 1.165) is 25.1 Å². The van der Waals surface area contributed by atoms with Gasteiger partial charge in [-0.1, -0.05) is 13.3 Å². The number of nitrogens with zero attached hydrogens (tertiary/aromatic N) is 1. The van der Waals surface area contributed by atoms with Crippen molar-refractivity contribution in [3.63, 3.8) is 0 Å². The Kier molecular flexibility index (Phi) is 4.59. The summed E-state index contributed by atoms with van der Waals surface area (Å²) in [5.41, 5.74) is 0. The third-order valence-electron chi connectivity index (χ3n) is 2.28. The minimum Gasteiger partial charge on any atom is -0.325 e. The Morgan fingerprint density at radius 2 is 2.46 bits per heavy atom. The number of carbonyl (C=O) groups excluding carboxylic acids is 1. The predicted octanol–water partition coefficient (Wildman–Crippen LogP) is 0.907. The van der Waals surface area contributed by atoms with Crippen LogP contribution < -0.4 is 5.32 Å². The minimum absolute atomic E-state index is 0.257. The molecule has 4 heteroatoms. The van der Waals surface area contributed by atoms with Crippen LogP contribution in [0.2, 0.25) is 0 Å². The molecule has 0 bridgehead atoms. The molecule has 1 fully saturated rings. The van der Waals surface area contributed by atoms with Crippen LogP contribution in [0.4, 0.5) is 0 Å². The van der Waals surface area contributed by atoms with Gasteiger partial charge in [0.2, 0.25) is 5.91 Å². The van der Waals surface area contributed by atoms with Crippen molar-refractivity contribution < 1.29 is 4.79 Å². The van der Waals surface area contributed by atoms with Crippen molar-refractivity contribution in [2.24, 2.45) is 0 Å². The molecule has 1 N–H and O–H groups in total. The maximum Gasteiger partial charge on any atom is 0.237 e. The van der Waals surface area contributed by atoms with Crippen LogP contribution in [0.15, 0.2) is 0 Å². The summed E-state index contributed by atoms with van der Waals surface area (Å²) in [6.07, 6.45) is 4.56. The molecule has 0 aromatic heterocycles. The van der Waals surface area contributed by atoms with Gasteiger partial charge in [-0.3, -0.25) is 10.1 Å². The Morgan fingerprint density at radius 3 is 3.08 bits per heavy atom. The molecule has 3 nitrogen and oxygen atoms in total. The lowest BCUT2D eigenvalue weighted by atomic mass is 10.2. The van der Waals surface area contributed by atoms with Crippen LogP contribution in [-0.4, -0.2) is 42.1 Å². The summed E-state index contributed by atoms with van der Waals surface area (Å²) in [4.78, 5) is 13.4. The fourth-order valence-electron chi connectivity index (χ4n) is 1.59. The summed E-state index contributed by atoms with van der Waals surface area (Å²) in [5, 5.41) is 3.23. The van der Waals surface area contributed by atoms with Gasteiger partial charge in [-0.15, -0.1) is 0 Å². The molecule has 0 aromatic rings. The Bertz CT molecular complexity index is 175. The van der Waals surface area contributed by atoms with Gasteiger partial charge < -0.3 is 4.90 Å². The topological polar surface area (TPSA) is 32.3 Å². The van der Waals surface area contributed by atoms with Crippen molar-refractivity contribution in [1.29, 1.82) is 0 Å². The molecule has 1 unspecified atom stereocenters. The molecule has 1 heterocycles. The number of nitrogens with one attached hydrogen (secondary N) is 1. The summed E-state index contributed by atoms with van der Waals surface area (Å²) in [6, 6.07) is 0. The van der Waals surface area contributed by atoms with Gasteiger partial charge in [-0.25, -0.2) is 0 Å². The highest BCUT2D eigenvalue weighted by atomic mass is 32.2. The van der Waals surface area contributed by atoms with Gasteiger partial charge in [0, 0.05) is 12.3 Å². The lowest BCUT2D eigenvalue weighted by molar-refractivity contribution is -0.127. The van der Waals surface area contributed by atoms with E-state index < -0.39 is 0 Å². The third kappa shape index (κ3) is 2.88. The number of thioether (sulfide) groups is 1. The Hall–Kier alpha value is -0.220. The summed E-state index contributed by atoms with van der Waals surface area (Å²) in [6.45, 7) is 3.56. The van der Waals surface area contributed by atoms with Crippen LogP contribution in [-0.2, 0) is 4.79 Å². The second kappa shape index (κ2) is 5.50. The lowest BCUT2D eigenvalue weighted by Crippen LogP contribution is -2.38. The van der Waals surface area contributed by atoms with E-state index in [4.69, 9.17) is 0 Å². The highest BCUT2D eigenvalue weighted by molar-refractivity contribution is 7.98. The van der Waals surface area contributed by atoms with Crippen molar-refractivity contribution in [3.05, 3.63) is 0 Å². The fourth-order valence-corrected chi connectivity index (χ4v) is 1.97. The second-order valence-corrected chi connectivity index (χ2v) is 4.25. The van der Waals surface area contributed by atoms with Crippen LogP contribution in [0, 0.1) is 0 Å². The SMILES string of the molecule is CCCC1NCC(=O)N1CCSC. The van der Waals surface area contributed by atoms with Gasteiger partial charge >= 0.3 is 0 Å². The average molecular weight is 202 g/mol. The smallest absolute Gasteiger partial charge is 0.237 e. The second-order valence-electron chi connectivity index (χ2n) is 3.27. The standard InChI is InChI=1S/C9H18N2OS/c1-3-4-8-10-7-9(12)11(8)5-6-13-2/h8,10H,3-7H2,1-2H3. The molecule has 1 saturated heterocycles. The average Bonchev–Trinajstić information content (AvgIpc) is 2.45. The van der Waals surface area contributed by atoms with Crippen LogP contribution in [0.5, 0.6) is 0 Å². The molecule has 1 rings (SSSR count). The van der Waals surface area contributed by atoms with Crippen LogP contribution in [0.25, 0.3) is 0 Å². The zero-order valence-electron chi connectivity index (χ0n) is 8.38. The van der Waals surface area contributed by atoms with E-state index in [9.17, 15) is 4.79 Å². The molecule has 1 aliphatic heterocycles. The molecule has 0 aromatic carbocycles. The van der Waals surface area contributed by atoms with Crippen molar-refractivity contribution in [3.8, 4) is 0 Å². The minimum atomic E-state index is 0.257. The van der Waals surface area contributed by atoms with E-state index in [1.807, 2.05) is 4.90 Å². The molecule has 1 aliphatic rings. The maximum atomic E-state index is 11.4. The molecule has 0 aliphatic carbocycles. The largest absolute Gasteiger partial charge is 0.325 e. The molecular weight excluding hydrogens is 184 g/mol. The molecule has 1 amide bonds. The van der Waals surface area contributed by atoms with Crippen LogP contribution >= 0.6 is 11.8 Å². The first-order valence-corrected chi connectivity index (χ1v) is 6.20. The van der Waals surface area contributed by atoms with Gasteiger partial charge in [-0.05, 0) is 12.7 Å². The van der Waals surface area contributed by atoms with Gasteiger partial charge in [0.25, 0.3) is 0 Å². The zero-order valence-corrected chi connectivity index (χ0v) is 9.19. The summed E-state index contributed by atoms with van der Waals surface area (Å²) in [5.74, 6) is 1.29. The van der Waals surface area contributed by atoms with Gasteiger partial charge in [0.05, 0.1) is 12.7 Å². The Balaban J connectivity index is 2.40. The number of hydrogen-bond acceptors (Lipinski definition) is 3. The summed E-state index contributed by atoms with van der Waals surface area (Å²) < 4.78 is 0. The normalized spacial score (nSPS) is 22.8. The Labute approximate surface area is 84.2 Å². The summed E-state index contributed by atoms with van der Waals surface area (Å²) in [7, 11) is 0. The first-order valence-electron chi connectivity index (χ1n) is 4.81. The maximum absolute atomic E-state index is 11.4. The number of hydrogen-bond donors (Lipinski definition) is 1. The van der Waals surface area contributed by atoms with Crippen LogP contribution in [0.3, 0.4) is 0 Å². The zero-order chi connectivity index (χ0) is 9.68. The quantitative estimate of drug-likeness (QED) is 0.719. The van der Waals surface area contributed by atoms with E-state index in [-0.39, 0.29) is 5.91 Å². The van der Waals surface area contributed by atoms with Crippen molar-refractivity contribution >= 4 is 17.7 Å². The van der Waals surface area contributed by atoms with Gasteiger partial charge in [0.1, 0.15) is 0 Å². The number of rotatable bonds is 5. The highest BCUT2D eigenvalue weighted by Gasteiger charge is 2.28. The predicted molar refractivity (Wildman–Crippen MR) is 56.8 cm³/mol. The van der Waals surface area contributed by atoms with E-state index in [0.29, 0.717) is 12.7 Å². The monoisotopic (exact) mass is 202 g/mol. The molecule has 76 valence electrons. The first-order chi connectivity index (χ1) is 6.29. The van der Waals surface area contributed by atoms with Crippen molar-refractivity contribution in [1.82, 2.24) is 10.2 Å². The van der Waals surface area contributed by atoms with Crippen molar-refractivity contribution in [2.45, 2.75) is 25.9 Å². The lowest BCUT2D eigenvalue weighted by Gasteiger charge is -2.23. The highest BCUT2D eigenvalue weighted by Crippen LogP contribution is 2.11. The molecule has 1 atom stereocenters. The van der Waals surface area contributed by atoms with E-state index in [1.54, 1.807) is 11.8 Å². The van der Waals surface area contributed by atoms with E-state index in [1.165, 1.54) is 0 Å². The molecule has 0 saturated carbocycles. The molecule has 13 heavy (non-hydrogen) atoms.